The van der Waals surface area contributed by atoms with Crippen molar-refractivity contribution in [3.05, 3.63) is 0 Å². The highest BCUT2D eigenvalue weighted by Gasteiger charge is 2.30. The van der Waals surface area contributed by atoms with Gasteiger partial charge in [-0.3, -0.25) is 37.3 Å². The van der Waals surface area contributed by atoms with E-state index in [1.54, 1.807) is 0 Å². The lowest BCUT2D eigenvalue weighted by molar-refractivity contribution is -0.161. The first-order valence-corrected chi connectivity index (χ1v) is 44.2. The number of hydrogen-bond acceptors (Lipinski definition) is 15. The molecule has 0 aliphatic carbocycles. The first-order valence-electron chi connectivity index (χ1n) is 41.2. The third kappa shape index (κ3) is 72.8. The fourth-order valence-electron chi connectivity index (χ4n) is 12.2. The molecule has 0 saturated heterocycles. The Labute approximate surface area is 607 Å². The Balaban J connectivity index is 5.24. The van der Waals surface area contributed by atoms with Crippen molar-refractivity contribution < 1.29 is 80.2 Å². The van der Waals surface area contributed by atoms with Gasteiger partial charge in [0, 0.05) is 25.7 Å². The molecule has 99 heavy (non-hydrogen) atoms. The maximum Gasteiger partial charge on any atom is 0.472 e. The number of unbranched alkanes of at least 4 members (excludes halogenated alkanes) is 42. The van der Waals surface area contributed by atoms with Crippen LogP contribution in [-0.4, -0.2) is 96.7 Å². The van der Waals surface area contributed by atoms with Gasteiger partial charge in [-0.05, 0) is 49.4 Å². The van der Waals surface area contributed by atoms with Crippen LogP contribution in [-0.2, 0) is 65.4 Å². The Morgan fingerprint density at radius 1 is 0.283 bits per heavy atom. The number of aliphatic hydroxyl groups excluding tert-OH is 1. The Hall–Kier alpha value is -1.94. The van der Waals surface area contributed by atoms with Crippen LogP contribution in [0, 0.1) is 23.7 Å². The zero-order valence-electron chi connectivity index (χ0n) is 65.1. The van der Waals surface area contributed by atoms with Crippen molar-refractivity contribution in [1.82, 2.24) is 0 Å². The molecule has 17 nitrogen and oxygen atoms in total. The molecule has 0 aromatic carbocycles. The molecule has 0 fully saturated rings. The number of phosphoric ester groups is 2. The average Bonchev–Trinajstić information content (AvgIpc) is 1.58. The highest BCUT2D eigenvalue weighted by Crippen LogP contribution is 2.45. The van der Waals surface area contributed by atoms with Crippen molar-refractivity contribution in [1.29, 1.82) is 0 Å². The summed E-state index contributed by atoms with van der Waals surface area (Å²) in [6.45, 7) is 14.2. The van der Waals surface area contributed by atoms with Crippen LogP contribution < -0.4 is 0 Å². The van der Waals surface area contributed by atoms with Crippen LogP contribution in [0.3, 0.4) is 0 Å². The molecular formula is C80H156O17P2. The summed E-state index contributed by atoms with van der Waals surface area (Å²) < 4.78 is 68.7. The quantitative estimate of drug-likeness (QED) is 0.0222. The van der Waals surface area contributed by atoms with Crippen molar-refractivity contribution >= 4 is 39.5 Å². The lowest BCUT2D eigenvalue weighted by Gasteiger charge is -2.21. The van der Waals surface area contributed by atoms with Crippen LogP contribution in [0.4, 0.5) is 0 Å². The molecular weight excluding hydrogens is 1290 g/mol. The highest BCUT2D eigenvalue weighted by molar-refractivity contribution is 7.47. The molecule has 0 aromatic rings. The van der Waals surface area contributed by atoms with Gasteiger partial charge in [0.1, 0.15) is 19.3 Å². The predicted molar refractivity (Wildman–Crippen MR) is 404 cm³/mol. The molecule has 0 bridgehead atoms. The van der Waals surface area contributed by atoms with Crippen molar-refractivity contribution in [2.45, 2.75) is 427 Å². The Bertz CT molecular complexity index is 1940. The molecule has 0 aromatic heterocycles. The van der Waals surface area contributed by atoms with Gasteiger partial charge in [0.15, 0.2) is 12.2 Å². The van der Waals surface area contributed by atoms with Crippen LogP contribution in [0.25, 0.3) is 0 Å². The molecule has 0 spiro atoms. The standard InChI is InChI=1S/C80H156O17P2/c1-9-73(8)59-51-43-35-29-31-39-47-55-63-80(85)97-76(67-91-78(83)61-53-45-37-30-28-34-42-50-58-72(6)7)69-95-99(88,89)93-65-74(81)64-92-98(86,87)94-68-75(96-79(84)62-54-46-38-27-23-19-15-14-17-21-25-33-41-49-57-71(4)5)66-90-77(82)60-52-44-36-26-22-18-13-11-10-12-16-20-24-32-40-48-56-70(2)3/h70-76,81H,9-69H2,1-8H3,(H,86,87)(H,88,89)/t73?,74?,75-,76-/m1/s1. The van der Waals surface area contributed by atoms with E-state index in [9.17, 15) is 43.2 Å². The van der Waals surface area contributed by atoms with E-state index in [2.05, 4.69) is 55.4 Å². The number of carbonyl (C=O) groups excluding carboxylic acids is 4. The molecule has 0 amide bonds. The Morgan fingerprint density at radius 2 is 0.485 bits per heavy atom. The lowest BCUT2D eigenvalue weighted by atomic mass is 9.99. The Morgan fingerprint density at radius 3 is 0.717 bits per heavy atom. The normalized spacial score (nSPS) is 14.3. The summed E-state index contributed by atoms with van der Waals surface area (Å²) in [6, 6.07) is 0. The predicted octanol–water partition coefficient (Wildman–Crippen LogP) is 23.6. The van der Waals surface area contributed by atoms with Gasteiger partial charge in [-0.1, -0.05) is 357 Å². The molecule has 6 atom stereocenters. The van der Waals surface area contributed by atoms with Gasteiger partial charge < -0.3 is 33.8 Å². The summed E-state index contributed by atoms with van der Waals surface area (Å²) in [4.78, 5) is 73.0. The molecule has 4 unspecified atom stereocenters. The number of phosphoric acid groups is 2. The first-order chi connectivity index (χ1) is 47.6. The maximum atomic E-state index is 13.1. The average molecular weight is 1450 g/mol. The van der Waals surface area contributed by atoms with E-state index in [4.69, 9.17) is 37.0 Å². The topological polar surface area (TPSA) is 237 Å². The second kappa shape index (κ2) is 69.1. The van der Waals surface area contributed by atoms with Crippen LogP contribution in [0.5, 0.6) is 0 Å². The molecule has 19 heteroatoms. The fraction of sp³-hybridized carbons (Fsp3) is 0.950. The van der Waals surface area contributed by atoms with E-state index in [1.165, 1.54) is 212 Å². The largest absolute Gasteiger partial charge is 0.472 e. The first kappa shape index (κ1) is 97.1. The van der Waals surface area contributed by atoms with Crippen molar-refractivity contribution in [3.8, 4) is 0 Å². The zero-order valence-corrected chi connectivity index (χ0v) is 66.9. The summed E-state index contributed by atoms with van der Waals surface area (Å²) in [5.41, 5.74) is 0. The monoisotopic (exact) mass is 1450 g/mol. The number of esters is 4. The summed E-state index contributed by atoms with van der Waals surface area (Å²) in [7, 11) is -9.92. The minimum atomic E-state index is -4.96. The second-order valence-corrected chi connectivity index (χ2v) is 33.4. The molecule has 0 saturated carbocycles. The molecule has 0 aliphatic rings. The van der Waals surface area contributed by atoms with E-state index in [-0.39, 0.29) is 25.7 Å². The number of carbonyl (C=O) groups is 4. The molecule has 0 heterocycles. The van der Waals surface area contributed by atoms with Gasteiger partial charge in [0.25, 0.3) is 0 Å². The summed E-state index contributed by atoms with van der Waals surface area (Å²) in [5.74, 6) is 0.987. The third-order valence-electron chi connectivity index (χ3n) is 18.9. The molecule has 0 rings (SSSR count). The van der Waals surface area contributed by atoms with Crippen molar-refractivity contribution in [3.63, 3.8) is 0 Å². The van der Waals surface area contributed by atoms with E-state index >= 15 is 0 Å². The van der Waals surface area contributed by atoms with Crippen molar-refractivity contribution in [2.24, 2.45) is 23.7 Å². The van der Waals surface area contributed by atoms with Crippen LogP contribution >= 0.6 is 15.6 Å². The van der Waals surface area contributed by atoms with Gasteiger partial charge in [0.2, 0.25) is 0 Å². The second-order valence-electron chi connectivity index (χ2n) is 30.5. The zero-order chi connectivity index (χ0) is 73.1. The lowest BCUT2D eigenvalue weighted by Crippen LogP contribution is -2.30. The van der Waals surface area contributed by atoms with Crippen LogP contribution in [0.15, 0.2) is 0 Å². The number of aliphatic hydroxyl groups is 1. The smallest absolute Gasteiger partial charge is 0.462 e. The van der Waals surface area contributed by atoms with Crippen molar-refractivity contribution in [2.75, 3.05) is 39.6 Å². The molecule has 0 radical (unpaired) electrons. The Kier molecular flexibility index (Phi) is 67.8. The number of rotatable bonds is 77. The molecule has 588 valence electrons. The SMILES string of the molecule is CCC(C)CCCCCCCCCCC(=O)O[C@H](COC(=O)CCCCCCCCCCC(C)C)COP(=O)(O)OCC(O)COP(=O)(O)OC[C@@H](COC(=O)CCCCCCCCCCCCCCCCCCC(C)C)OC(=O)CCCCCCCCCCCCCCCCC(C)C. The minimum Gasteiger partial charge on any atom is -0.462 e. The number of hydrogen-bond donors (Lipinski definition) is 3. The molecule has 0 aliphatic heterocycles. The summed E-state index contributed by atoms with van der Waals surface area (Å²) >= 11 is 0. The fourth-order valence-corrected chi connectivity index (χ4v) is 13.8. The highest BCUT2D eigenvalue weighted by atomic mass is 31.2. The van der Waals surface area contributed by atoms with Gasteiger partial charge in [-0.2, -0.15) is 0 Å². The van der Waals surface area contributed by atoms with E-state index in [0.717, 1.165) is 114 Å². The van der Waals surface area contributed by atoms with Gasteiger partial charge in [-0.25, -0.2) is 9.13 Å². The van der Waals surface area contributed by atoms with Crippen LogP contribution in [0.1, 0.15) is 409 Å². The van der Waals surface area contributed by atoms with Gasteiger partial charge >= 0.3 is 39.5 Å². The van der Waals surface area contributed by atoms with Gasteiger partial charge in [0.05, 0.1) is 26.4 Å². The van der Waals surface area contributed by atoms with E-state index in [0.29, 0.717) is 25.7 Å². The third-order valence-corrected chi connectivity index (χ3v) is 20.8. The van der Waals surface area contributed by atoms with Gasteiger partial charge in [-0.15, -0.1) is 0 Å². The summed E-state index contributed by atoms with van der Waals surface area (Å²) in [6.07, 6.45) is 55.5. The number of ether oxygens (including phenoxy) is 4. The van der Waals surface area contributed by atoms with Crippen LogP contribution in [0.2, 0.25) is 0 Å². The molecule has 3 N–H and O–H groups in total. The summed E-state index contributed by atoms with van der Waals surface area (Å²) in [5, 5.41) is 10.6. The minimum absolute atomic E-state index is 0.104. The maximum absolute atomic E-state index is 13.1. The van der Waals surface area contributed by atoms with E-state index in [1.807, 2.05) is 0 Å². The van der Waals surface area contributed by atoms with E-state index < -0.39 is 97.5 Å².